The second-order valence-electron chi connectivity index (χ2n) is 6.04. The molecule has 0 fully saturated rings. The quantitative estimate of drug-likeness (QED) is 0.331. The number of pyridine rings is 1. The summed E-state index contributed by atoms with van der Waals surface area (Å²) in [7, 11) is 0. The largest absolute Gasteiger partial charge is 0.618 e. The van der Waals surface area contributed by atoms with Gasteiger partial charge in [0.1, 0.15) is 0 Å². The number of hydrogen-bond donors (Lipinski definition) is 0. The number of carbonyl (C=O) groups excluding carboxylic acids is 1. The molecule has 0 spiro atoms. The third-order valence-corrected chi connectivity index (χ3v) is 6.04. The van der Waals surface area contributed by atoms with Crippen LogP contribution in [0.2, 0.25) is 5.02 Å². The second kappa shape index (κ2) is 8.29. The Hall–Kier alpha value is -2.09. The Morgan fingerprint density at radius 1 is 1.37 bits per heavy atom. The highest BCUT2D eigenvalue weighted by molar-refractivity contribution is 7.98. The van der Waals surface area contributed by atoms with Crippen LogP contribution in [0.25, 0.3) is 0 Å². The van der Waals surface area contributed by atoms with Crippen LogP contribution in [0.5, 0.6) is 0 Å². The highest BCUT2D eigenvalue weighted by Gasteiger charge is 2.22. The average molecular weight is 420 g/mol. The fraction of sp³-hybridized carbons (Fsp3) is 0.211. The minimum Gasteiger partial charge on any atom is -0.618 e. The summed E-state index contributed by atoms with van der Waals surface area (Å²) in [4.78, 5) is 18.5. The van der Waals surface area contributed by atoms with E-state index < -0.39 is 0 Å². The molecule has 8 heteroatoms. The van der Waals surface area contributed by atoms with Gasteiger partial charge in [0.05, 0.1) is 16.4 Å². The van der Waals surface area contributed by atoms with Gasteiger partial charge in [0, 0.05) is 30.2 Å². The SMILES string of the molecule is CC(=O)N(c1nc(CSc2cccc[n+]2[O-])cs1)c1c(C)cc(C)cc1Cl. The average Bonchev–Trinajstić information content (AvgIpc) is 3.05. The molecule has 0 saturated carbocycles. The molecule has 0 unspecified atom stereocenters. The first-order chi connectivity index (χ1) is 12.9. The number of hydrogen-bond acceptors (Lipinski definition) is 5. The van der Waals surface area contributed by atoms with Crippen molar-refractivity contribution in [1.29, 1.82) is 0 Å². The molecule has 0 radical (unpaired) electrons. The maximum absolute atomic E-state index is 12.4. The Morgan fingerprint density at radius 3 is 2.81 bits per heavy atom. The van der Waals surface area contributed by atoms with E-state index in [9.17, 15) is 10.0 Å². The number of benzene rings is 1. The van der Waals surface area contributed by atoms with Crippen molar-refractivity contribution in [3.63, 3.8) is 0 Å². The molecule has 2 aromatic heterocycles. The minimum absolute atomic E-state index is 0.155. The molecule has 0 aliphatic rings. The first kappa shape index (κ1) is 19.7. The van der Waals surface area contributed by atoms with Crippen LogP contribution in [0.15, 0.2) is 46.9 Å². The molecule has 0 aliphatic carbocycles. The van der Waals surface area contributed by atoms with Gasteiger partial charge < -0.3 is 5.21 Å². The molecule has 1 amide bonds. The predicted octanol–water partition coefficient (Wildman–Crippen LogP) is 5.02. The van der Waals surface area contributed by atoms with Gasteiger partial charge >= 0.3 is 0 Å². The van der Waals surface area contributed by atoms with Gasteiger partial charge in [-0.05, 0) is 48.9 Å². The van der Waals surface area contributed by atoms with Crippen molar-refractivity contribution < 1.29 is 9.52 Å². The summed E-state index contributed by atoms with van der Waals surface area (Å²) < 4.78 is 0.829. The molecule has 3 aromatic rings. The number of amides is 1. The Labute approximate surface area is 171 Å². The molecular weight excluding hydrogens is 402 g/mol. The molecule has 27 heavy (non-hydrogen) atoms. The molecule has 0 bridgehead atoms. The number of halogens is 1. The van der Waals surface area contributed by atoms with Gasteiger partial charge in [0.2, 0.25) is 5.91 Å². The predicted molar refractivity (Wildman–Crippen MR) is 111 cm³/mol. The first-order valence-corrected chi connectivity index (χ1v) is 10.4. The van der Waals surface area contributed by atoms with Crippen LogP contribution < -0.4 is 9.63 Å². The lowest BCUT2D eigenvalue weighted by Crippen LogP contribution is -2.27. The normalized spacial score (nSPS) is 10.8. The third-order valence-electron chi connectivity index (χ3n) is 3.82. The van der Waals surface area contributed by atoms with Crippen LogP contribution in [0.1, 0.15) is 23.7 Å². The van der Waals surface area contributed by atoms with Gasteiger partial charge in [0.15, 0.2) is 11.3 Å². The van der Waals surface area contributed by atoms with E-state index >= 15 is 0 Å². The summed E-state index contributed by atoms with van der Waals surface area (Å²) in [6, 6.07) is 9.11. The number of thiazole rings is 1. The van der Waals surface area contributed by atoms with Crippen molar-refractivity contribution >= 4 is 51.4 Å². The van der Waals surface area contributed by atoms with E-state index in [-0.39, 0.29) is 5.91 Å². The molecule has 0 saturated heterocycles. The van der Waals surface area contributed by atoms with Gasteiger partial charge in [-0.1, -0.05) is 17.7 Å². The highest BCUT2D eigenvalue weighted by Crippen LogP contribution is 2.37. The van der Waals surface area contributed by atoms with E-state index in [1.54, 1.807) is 17.0 Å². The van der Waals surface area contributed by atoms with Crippen LogP contribution >= 0.6 is 34.7 Å². The summed E-state index contributed by atoms with van der Waals surface area (Å²) in [5, 5.41) is 15.3. The summed E-state index contributed by atoms with van der Waals surface area (Å²) in [6.07, 6.45) is 1.47. The summed E-state index contributed by atoms with van der Waals surface area (Å²) in [5.41, 5.74) is 3.41. The van der Waals surface area contributed by atoms with Crippen molar-refractivity contribution in [1.82, 2.24) is 4.98 Å². The van der Waals surface area contributed by atoms with Crippen molar-refractivity contribution in [3.05, 3.63) is 69.0 Å². The van der Waals surface area contributed by atoms with E-state index in [0.717, 1.165) is 21.6 Å². The topological polar surface area (TPSA) is 60.1 Å². The fourth-order valence-corrected chi connectivity index (χ4v) is 4.91. The molecule has 0 aliphatic heterocycles. The Bertz CT molecular complexity index is 968. The van der Waals surface area contributed by atoms with Crippen molar-refractivity contribution in [2.75, 3.05) is 4.90 Å². The molecule has 0 N–H and O–H groups in total. The van der Waals surface area contributed by atoms with E-state index in [1.807, 2.05) is 37.4 Å². The number of thioether (sulfide) groups is 1. The minimum atomic E-state index is -0.155. The molecule has 1 aromatic carbocycles. The molecule has 2 heterocycles. The van der Waals surface area contributed by atoms with E-state index in [4.69, 9.17) is 11.6 Å². The maximum atomic E-state index is 12.4. The fourth-order valence-electron chi connectivity index (χ4n) is 2.72. The molecular formula is C19H18ClN3O2S2. The third kappa shape index (κ3) is 4.43. The Balaban J connectivity index is 1.87. The van der Waals surface area contributed by atoms with Gasteiger partial charge in [-0.15, -0.1) is 11.3 Å². The summed E-state index contributed by atoms with van der Waals surface area (Å²) in [5.74, 6) is 0.382. The number of anilines is 2. The number of carbonyl (C=O) groups is 1. The molecule has 140 valence electrons. The van der Waals surface area contributed by atoms with Crippen molar-refractivity contribution in [2.24, 2.45) is 0 Å². The van der Waals surface area contributed by atoms with Crippen molar-refractivity contribution in [3.8, 4) is 0 Å². The van der Waals surface area contributed by atoms with E-state index in [1.165, 1.54) is 36.2 Å². The van der Waals surface area contributed by atoms with E-state index in [2.05, 4.69) is 4.98 Å². The number of aryl methyl sites for hydroxylation is 2. The molecule has 0 atom stereocenters. The lowest BCUT2D eigenvalue weighted by Gasteiger charge is -2.22. The van der Waals surface area contributed by atoms with Crippen LogP contribution in [0.4, 0.5) is 10.8 Å². The Morgan fingerprint density at radius 2 is 2.15 bits per heavy atom. The monoisotopic (exact) mass is 419 g/mol. The van der Waals surface area contributed by atoms with Crippen molar-refractivity contribution in [2.45, 2.75) is 31.6 Å². The number of aromatic nitrogens is 2. The zero-order chi connectivity index (χ0) is 19.6. The standard InChI is InChI=1S/C19H18ClN3O2S2/c1-12-8-13(2)18(16(20)9-12)23(14(3)24)19-21-15(11-27-19)10-26-17-6-4-5-7-22(17)25/h4-9,11H,10H2,1-3H3. The maximum Gasteiger partial charge on any atom is 0.251 e. The van der Waals surface area contributed by atoms with Crippen LogP contribution in [0, 0.1) is 19.1 Å². The van der Waals surface area contributed by atoms with Crippen LogP contribution in [-0.4, -0.2) is 10.9 Å². The molecule has 3 rings (SSSR count). The van der Waals surface area contributed by atoms with Gasteiger partial charge in [-0.25, -0.2) is 4.98 Å². The van der Waals surface area contributed by atoms with Crippen LogP contribution in [0.3, 0.4) is 0 Å². The Kier molecular flexibility index (Phi) is 6.04. The smallest absolute Gasteiger partial charge is 0.251 e. The second-order valence-corrected chi connectivity index (χ2v) is 8.28. The first-order valence-electron chi connectivity index (χ1n) is 8.19. The summed E-state index contributed by atoms with van der Waals surface area (Å²) >= 11 is 9.21. The van der Waals surface area contributed by atoms with Gasteiger partial charge in [0.25, 0.3) is 5.03 Å². The number of nitrogens with zero attached hydrogens (tertiary/aromatic N) is 3. The molecule has 5 nitrogen and oxygen atoms in total. The number of rotatable bonds is 5. The van der Waals surface area contributed by atoms with E-state index in [0.29, 0.717) is 26.6 Å². The lowest BCUT2D eigenvalue weighted by atomic mass is 10.1. The highest BCUT2D eigenvalue weighted by atomic mass is 35.5. The van der Waals surface area contributed by atoms with Gasteiger partial charge in [-0.3, -0.25) is 9.69 Å². The summed E-state index contributed by atoms with van der Waals surface area (Å²) in [6.45, 7) is 5.39. The lowest BCUT2D eigenvalue weighted by molar-refractivity contribution is -0.645. The zero-order valence-electron chi connectivity index (χ0n) is 15.1. The van der Waals surface area contributed by atoms with Crippen LogP contribution in [-0.2, 0) is 10.5 Å². The van der Waals surface area contributed by atoms with Gasteiger partial charge in [-0.2, -0.15) is 4.73 Å². The zero-order valence-corrected chi connectivity index (χ0v) is 17.5.